The third-order valence-corrected chi connectivity index (χ3v) is 6.32. The van der Waals surface area contributed by atoms with E-state index in [1.165, 1.54) is 12.8 Å². The molecular weight excluding hydrogens is 346 g/mol. The molecule has 7 nitrogen and oxygen atoms in total. The summed E-state index contributed by atoms with van der Waals surface area (Å²) in [6, 6.07) is 0. The quantitative estimate of drug-likeness (QED) is 0.867. The highest BCUT2D eigenvalue weighted by molar-refractivity contribution is 5.93. The first kappa shape index (κ1) is 18.5. The van der Waals surface area contributed by atoms with Crippen molar-refractivity contribution < 1.29 is 19.1 Å². The standard InChI is InChI=1S/C20H29N3O4/c1-3-16-21-13(2)17(27-16)18(25)22-8-6-20(7-9-22)10-15(24)12-23(19(20)26)11-14-4-5-14/h14-15,24H,3-12H2,1-2H3. The molecule has 3 fully saturated rings. The number of oxazole rings is 1. The van der Waals surface area contributed by atoms with Crippen LogP contribution in [0.4, 0.5) is 0 Å². The fraction of sp³-hybridized carbons (Fsp3) is 0.750. The van der Waals surface area contributed by atoms with Crippen LogP contribution in [0.5, 0.6) is 0 Å². The minimum absolute atomic E-state index is 0.145. The summed E-state index contributed by atoms with van der Waals surface area (Å²) in [6.45, 7) is 5.98. The topological polar surface area (TPSA) is 86.9 Å². The molecule has 7 heteroatoms. The van der Waals surface area contributed by atoms with E-state index in [0.29, 0.717) is 68.6 Å². The number of carbonyl (C=O) groups is 2. The highest BCUT2D eigenvalue weighted by atomic mass is 16.4. The lowest BCUT2D eigenvalue weighted by atomic mass is 9.70. The van der Waals surface area contributed by atoms with Crippen molar-refractivity contribution in [3.63, 3.8) is 0 Å². The Kier molecular flexibility index (Phi) is 4.74. The third-order valence-electron chi connectivity index (χ3n) is 6.32. The predicted octanol–water partition coefficient (Wildman–Crippen LogP) is 1.77. The van der Waals surface area contributed by atoms with Gasteiger partial charge in [0.25, 0.3) is 5.91 Å². The average Bonchev–Trinajstić information content (AvgIpc) is 3.39. The first-order chi connectivity index (χ1) is 12.9. The van der Waals surface area contributed by atoms with E-state index >= 15 is 0 Å². The largest absolute Gasteiger partial charge is 0.435 e. The molecule has 27 heavy (non-hydrogen) atoms. The Morgan fingerprint density at radius 3 is 2.63 bits per heavy atom. The van der Waals surface area contributed by atoms with Crippen LogP contribution in [0, 0.1) is 18.3 Å². The molecule has 2 aliphatic heterocycles. The number of amides is 2. The Hall–Kier alpha value is -1.89. The van der Waals surface area contributed by atoms with Crippen molar-refractivity contribution in [3.8, 4) is 0 Å². The zero-order valence-corrected chi connectivity index (χ0v) is 16.2. The van der Waals surface area contributed by atoms with E-state index < -0.39 is 11.5 Å². The van der Waals surface area contributed by atoms with Gasteiger partial charge in [-0.2, -0.15) is 0 Å². The zero-order valence-electron chi connectivity index (χ0n) is 16.2. The van der Waals surface area contributed by atoms with Gasteiger partial charge >= 0.3 is 0 Å². The Balaban J connectivity index is 1.44. The molecule has 4 rings (SSSR count). The molecule has 1 saturated carbocycles. The molecule has 1 aliphatic carbocycles. The average molecular weight is 375 g/mol. The van der Waals surface area contributed by atoms with E-state index in [-0.39, 0.29) is 11.8 Å². The van der Waals surface area contributed by atoms with Gasteiger partial charge < -0.3 is 19.3 Å². The number of aryl methyl sites for hydroxylation is 2. The van der Waals surface area contributed by atoms with Gasteiger partial charge in [-0.05, 0) is 44.9 Å². The maximum Gasteiger partial charge on any atom is 0.291 e. The molecule has 1 N–H and O–H groups in total. The summed E-state index contributed by atoms with van der Waals surface area (Å²) in [5, 5.41) is 10.4. The van der Waals surface area contributed by atoms with Crippen LogP contribution in [0.1, 0.15) is 61.2 Å². The van der Waals surface area contributed by atoms with Crippen molar-refractivity contribution in [2.75, 3.05) is 26.2 Å². The minimum atomic E-state index is -0.519. The van der Waals surface area contributed by atoms with Crippen LogP contribution < -0.4 is 0 Å². The van der Waals surface area contributed by atoms with Gasteiger partial charge in [-0.25, -0.2) is 4.98 Å². The minimum Gasteiger partial charge on any atom is -0.435 e. The van der Waals surface area contributed by atoms with E-state index in [1.807, 2.05) is 11.8 Å². The monoisotopic (exact) mass is 375 g/mol. The molecule has 1 aromatic heterocycles. The maximum absolute atomic E-state index is 13.1. The number of β-amino-alcohol motifs (C(OH)–C–C–N with tert-alkyl or cyclic N) is 1. The summed E-state index contributed by atoms with van der Waals surface area (Å²) in [5.41, 5.74) is 0.103. The molecule has 0 aromatic carbocycles. The fourth-order valence-corrected chi connectivity index (χ4v) is 4.55. The first-order valence-electron chi connectivity index (χ1n) is 10.1. The summed E-state index contributed by atoms with van der Waals surface area (Å²) in [5.74, 6) is 1.53. The molecule has 1 spiro atoms. The normalized spacial score (nSPS) is 25.3. The second-order valence-corrected chi connectivity index (χ2v) is 8.46. The van der Waals surface area contributed by atoms with Crippen LogP contribution in [-0.4, -0.2) is 64.0 Å². The molecule has 2 amide bonds. The highest BCUT2D eigenvalue weighted by Gasteiger charge is 2.49. The van der Waals surface area contributed by atoms with Gasteiger partial charge in [-0.1, -0.05) is 6.92 Å². The molecule has 3 aliphatic rings. The maximum atomic E-state index is 13.1. The van der Waals surface area contributed by atoms with Crippen LogP contribution in [0.2, 0.25) is 0 Å². The second kappa shape index (κ2) is 6.93. The SMILES string of the molecule is CCc1nc(C)c(C(=O)N2CCC3(CC2)CC(O)CN(CC2CC2)C3=O)o1. The Morgan fingerprint density at radius 2 is 2.04 bits per heavy atom. The fourth-order valence-electron chi connectivity index (χ4n) is 4.55. The molecular formula is C20H29N3O4. The first-order valence-corrected chi connectivity index (χ1v) is 10.1. The lowest BCUT2D eigenvalue weighted by Crippen LogP contribution is -2.58. The van der Waals surface area contributed by atoms with Gasteiger partial charge in [0.05, 0.1) is 17.2 Å². The molecule has 1 atom stereocenters. The van der Waals surface area contributed by atoms with Gasteiger partial charge in [0, 0.05) is 32.6 Å². The van der Waals surface area contributed by atoms with Crippen molar-refractivity contribution in [1.82, 2.24) is 14.8 Å². The molecule has 3 heterocycles. The number of hydrogen-bond acceptors (Lipinski definition) is 5. The summed E-state index contributed by atoms with van der Waals surface area (Å²) in [7, 11) is 0. The van der Waals surface area contributed by atoms with Crippen LogP contribution in [0.3, 0.4) is 0 Å². The van der Waals surface area contributed by atoms with E-state index in [4.69, 9.17) is 4.42 Å². The number of likely N-dealkylation sites (tertiary alicyclic amines) is 2. The number of piperidine rings is 2. The molecule has 148 valence electrons. The highest BCUT2D eigenvalue weighted by Crippen LogP contribution is 2.42. The Morgan fingerprint density at radius 1 is 1.33 bits per heavy atom. The predicted molar refractivity (Wildman–Crippen MR) is 98.1 cm³/mol. The van der Waals surface area contributed by atoms with Crippen molar-refractivity contribution in [2.24, 2.45) is 11.3 Å². The zero-order chi connectivity index (χ0) is 19.2. The van der Waals surface area contributed by atoms with E-state index in [2.05, 4.69) is 4.98 Å². The number of nitrogens with zero attached hydrogens (tertiary/aromatic N) is 3. The van der Waals surface area contributed by atoms with E-state index in [9.17, 15) is 14.7 Å². The smallest absolute Gasteiger partial charge is 0.291 e. The lowest BCUT2D eigenvalue weighted by molar-refractivity contribution is -0.156. The Labute approximate surface area is 159 Å². The summed E-state index contributed by atoms with van der Waals surface area (Å²) < 4.78 is 5.60. The van der Waals surface area contributed by atoms with Gasteiger partial charge in [-0.15, -0.1) is 0 Å². The van der Waals surface area contributed by atoms with Crippen molar-refractivity contribution in [3.05, 3.63) is 17.3 Å². The van der Waals surface area contributed by atoms with Crippen LogP contribution in [0.25, 0.3) is 0 Å². The second-order valence-electron chi connectivity index (χ2n) is 8.46. The van der Waals surface area contributed by atoms with E-state index in [0.717, 1.165) is 6.54 Å². The van der Waals surface area contributed by atoms with Crippen molar-refractivity contribution in [2.45, 2.75) is 58.5 Å². The summed E-state index contributed by atoms with van der Waals surface area (Å²) in [6.07, 6.45) is 4.27. The van der Waals surface area contributed by atoms with Gasteiger partial charge in [0.1, 0.15) is 0 Å². The third kappa shape index (κ3) is 3.49. The number of aromatic nitrogens is 1. The van der Waals surface area contributed by atoms with Crippen LogP contribution in [-0.2, 0) is 11.2 Å². The number of hydrogen-bond donors (Lipinski definition) is 1. The molecule has 2 saturated heterocycles. The van der Waals surface area contributed by atoms with Gasteiger partial charge in [0.15, 0.2) is 5.89 Å². The summed E-state index contributed by atoms with van der Waals surface area (Å²) >= 11 is 0. The van der Waals surface area contributed by atoms with Crippen molar-refractivity contribution in [1.29, 1.82) is 0 Å². The lowest BCUT2D eigenvalue weighted by Gasteiger charge is -2.47. The number of aliphatic hydroxyl groups is 1. The number of carbonyl (C=O) groups excluding carboxylic acids is 2. The molecule has 1 aromatic rings. The molecule has 1 unspecified atom stereocenters. The number of aliphatic hydroxyl groups excluding tert-OH is 1. The van der Waals surface area contributed by atoms with Gasteiger partial charge in [-0.3, -0.25) is 9.59 Å². The number of rotatable bonds is 4. The van der Waals surface area contributed by atoms with Crippen LogP contribution >= 0.6 is 0 Å². The van der Waals surface area contributed by atoms with Crippen LogP contribution in [0.15, 0.2) is 4.42 Å². The van der Waals surface area contributed by atoms with Gasteiger partial charge in [0.2, 0.25) is 11.7 Å². The Bertz CT molecular complexity index is 730. The van der Waals surface area contributed by atoms with E-state index in [1.54, 1.807) is 11.8 Å². The van der Waals surface area contributed by atoms with Crippen molar-refractivity contribution >= 4 is 11.8 Å². The molecule has 0 bridgehead atoms. The molecule has 0 radical (unpaired) electrons. The summed E-state index contributed by atoms with van der Waals surface area (Å²) in [4.78, 5) is 33.9.